The van der Waals surface area contributed by atoms with Gasteiger partial charge in [0.25, 0.3) is 5.91 Å². The van der Waals surface area contributed by atoms with Crippen LogP contribution >= 0.6 is 39.1 Å². The summed E-state index contributed by atoms with van der Waals surface area (Å²) in [7, 11) is 0. The van der Waals surface area contributed by atoms with Crippen LogP contribution in [0.25, 0.3) is 6.08 Å². The number of carbonyl (C=O) groups excluding carboxylic acids is 1. The molecular weight excluding hydrogens is 551 g/mol. The number of nitriles is 1. The van der Waals surface area contributed by atoms with Crippen molar-refractivity contribution < 1.29 is 14.3 Å². The van der Waals surface area contributed by atoms with E-state index in [0.29, 0.717) is 43.9 Å². The van der Waals surface area contributed by atoms with Gasteiger partial charge in [-0.05, 0) is 88.4 Å². The third-order valence-electron chi connectivity index (χ3n) is 5.00. The molecule has 35 heavy (non-hydrogen) atoms. The molecule has 0 aromatic heterocycles. The third-order valence-corrected chi connectivity index (χ3v) is 6.32. The Labute approximate surface area is 223 Å². The predicted molar refractivity (Wildman–Crippen MR) is 144 cm³/mol. The first kappa shape index (κ1) is 26.6. The number of halogens is 3. The number of ether oxygens (including phenoxy) is 2. The fourth-order valence-electron chi connectivity index (χ4n) is 3.20. The molecule has 1 amide bonds. The van der Waals surface area contributed by atoms with E-state index in [2.05, 4.69) is 28.2 Å². The van der Waals surface area contributed by atoms with E-state index in [1.165, 1.54) is 6.08 Å². The normalized spacial score (nSPS) is 11.0. The van der Waals surface area contributed by atoms with Gasteiger partial charge in [0.2, 0.25) is 0 Å². The van der Waals surface area contributed by atoms with Crippen LogP contribution in [0.1, 0.15) is 30.5 Å². The Balaban J connectivity index is 1.82. The molecular formula is C27H23BrCl2N2O3. The van der Waals surface area contributed by atoms with Crippen molar-refractivity contribution in [3.8, 4) is 17.6 Å². The number of aryl methyl sites for hydroxylation is 1. The number of rotatable bonds is 9. The largest absolute Gasteiger partial charge is 0.490 e. The average molecular weight is 574 g/mol. The highest BCUT2D eigenvalue weighted by Crippen LogP contribution is 2.38. The quantitative estimate of drug-likeness (QED) is 0.209. The van der Waals surface area contributed by atoms with E-state index in [4.69, 9.17) is 32.7 Å². The van der Waals surface area contributed by atoms with Crippen molar-refractivity contribution in [2.75, 3.05) is 11.9 Å². The molecule has 3 rings (SSSR count). The summed E-state index contributed by atoms with van der Waals surface area (Å²) in [6.45, 7) is 4.56. The molecule has 0 fully saturated rings. The van der Waals surface area contributed by atoms with Gasteiger partial charge in [0.05, 0.1) is 21.1 Å². The smallest absolute Gasteiger partial charge is 0.266 e. The second kappa shape index (κ2) is 12.6. The molecule has 0 saturated carbocycles. The summed E-state index contributed by atoms with van der Waals surface area (Å²) in [4.78, 5) is 12.7. The van der Waals surface area contributed by atoms with E-state index in [1.54, 1.807) is 24.3 Å². The van der Waals surface area contributed by atoms with E-state index in [-0.39, 0.29) is 12.2 Å². The molecule has 0 atom stereocenters. The van der Waals surface area contributed by atoms with Gasteiger partial charge in [-0.3, -0.25) is 4.79 Å². The molecule has 3 aromatic rings. The van der Waals surface area contributed by atoms with Crippen LogP contribution in [0.15, 0.2) is 64.6 Å². The van der Waals surface area contributed by atoms with Crippen LogP contribution in [0.4, 0.5) is 5.69 Å². The van der Waals surface area contributed by atoms with Crippen LogP contribution in [-0.4, -0.2) is 12.5 Å². The first-order valence-electron chi connectivity index (χ1n) is 10.9. The third kappa shape index (κ3) is 7.25. The number of benzene rings is 3. The van der Waals surface area contributed by atoms with Crippen molar-refractivity contribution in [3.05, 3.63) is 91.4 Å². The lowest BCUT2D eigenvalue weighted by Gasteiger charge is -2.15. The summed E-state index contributed by atoms with van der Waals surface area (Å²) in [5, 5.41) is 13.3. The first-order valence-corrected chi connectivity index (χ1v) is 12.4. The van der Waals surface area contributed by atoms with E-state index in [0.717, 1.165) is 17.5 Å². The number of nitrogens with one attached hydrogen (secondary N) is 1. The van der Waals surface area contributed by atoms with Gasteiger partial charge in [-0.25, -0.2) is 0 Å². The minimum Gasteiger partial charge on any atom is -0.490 e. The number of anilines is 1. The molecule has 3 aromatic carbocycles. The predicted octanol–water partition coefficient (Wildman–Crippen LogP) is 7.84. The molecule has 0 bridgehead atoms. The maximum atomic E-state index is 12.7. The second-order valence-corrected chi connectivity index (χ2v) is 9.14. The number of hydrogen-bond donors (Lipinski definition) is 1. The number of amides is 1. The second-order valence-electron chi connectivity index (χ2n) is 7.47. The molecule has 0 saturated heterocycles. The van der Waals surface area contributed by atoms with Crippen LogP contribution < -0.4 is 14.8 Å². The summed E-state index contributed by atoms with van der Waals surface area (Å²) in [5.74, 6) is 0.473. The molecule has 1 N–H and O–H groups in total. The molecule has 0 unspecified atom stereocenters. The van der Waals surface area contributed by atoms with Gasteiger partial charge in [0.1, 0.15) is 18.2 Å². The highest BCUT2D eigenvalue weighted by molar-refractivity contribution is 9.10. The lowest BCUT2D eigenvalue weighted by atomic mass is 10.1. The highest BCUT2D eigenvalue weighted by Gasteiger charge is 2.15. The molecule has 0 spiro atoms. The summed E-state index contributed by atoms with van der Waals surface area (Å²) in [6, 6.07) is 18.2. The molecule has 0 aliphatic rings. The van der Waals surface area contributed by atoms with Gasteiger partial charge in [-0.2, -0.15) is 5.26 Å². The number of hydrogen-bond acceptors (Lipinski definition) is 4. The molecule has 0 aliphatic carbocycles. The van der Waals surface area contributed by atoms with Gasteiger partial charge in [0.15, 0.2) is 11.5 Å². The Morgan fingerprint density at radius 2 is 1.74 bits per heavy atom. The summed E-state index contributed by atoms with van der Waals surface area (Å²) < 4.78 is 12.4. The fraction of sp³-hybridized carbons (Fsp3) is 0.185. The van der Waals surface area contributed by atoms with Crippen LogP contribution in [0.5, 0.6) is 11.5 Å². The van der Waals surface area contributed by atoms with Gasteiger partial charge >= 0.3 is 0 Å². The monoisotopic (exact) mass is 572 g/mol. The molecule has 0 aliphatic heterocycles. The molecule has 0 radical (unpaired) electrons. The van der Waals surface area contributed by atoms with Crippen molar-refractivity contribution in [3.63, 3.8) is 0 Å². The van der Waals surface area contributed by atoms with Crippen LogP contribution in [0, 0.1) is 11.3 Å². The molecule has 180 valence electrons. The SMILES string of the molecule is CCOc1cc(/C=C(/C#N)C(=O)Nc2ccc(CC)cc2)cc(Br)c1OCc1ccc(Cl)c(Cl)c1. The Kier molecular flexibility index (Phi) is 9.62. The minimum absolute atomic E-state index is 0.0385. The molecule has 0 heterocycles. The Morgan fingerprint density at radius 1 is 1.03 bits per heavy atom. The molecule has 8 heteroatoms. The van der Waals surface area contributed by atoms with Crippen LogP contribution in [-0.2, 0) is 17.8 Å². The van der Waals surface area contributed by atoms with Crippen molar-refractivity contribution >= 4 is 56.8 Å². The molecule has 5 nitrogen and oxygen atoms in total. The van der Waals surface area contributed by atoms with Gasteiger partial charge in [-0.15, -0.1) is 0 Å². The number of nitrogens with zero attached hydrogens (tertiary/aromatic N) is 1. The van der Waals surface area contributed by atoms with Crippen molar-refractivity contribution in [2.24, 2.45) is 0 Å². The topological polar surface area (TPSA) is 71.3 Å². The van der Waals surface area contributed by atoms with Gasteiger partial charge in [0, 0.05) is 5.69 Å². The van der Waals surface area contributed by atoms with Crippen LogP contribution in [0.3, 0.4) is 0 Å². The highest BCUT2D eigenvalue weighted by atomic mass is 79.9. The zero-order valence-corrected chi connectivity index (χ0v) is 22.3. The zero-order chi connectivity index (χ0) is 25.4. The lowest BCUT2D eigenvalue weighted by Crippen LogP contribution is -2.13. The fourth-order valence-corrected chi connectivity index (χ4v) is 4.09. The van der Waals surface area contributed by atoms with E-state index >= 15 is 0 Å². The first-order chi connectivity index (χ1) is 16.8. The van der Waals surface area contributed by atoms with Crippen molar-refractivity contribution in [2.45, 2.75) is 26.9 Å². The van der Waals surface area contributed by atoms with Gasteiger partial charge < -0.3 is 14.8 Å². The lowest BCUT2D eigenvalue weighted by molar-refractivity contribution is -0.112. The van der Waals surface area contributed by atoms with Crippen molar-refractivity contribution in [1.82, 2.24) is 0 Å². The maximum Gasteiger partial charge on any atom is 0.266 e. The average Bonchev–Trinajstić information content (AvgIpc) is 2.84. The van der Waals surface area contributed by atoms with Gasteiger partial charge in [-0.1, -0.05) is 48.3 Å². The Morgan fingerprint density at radius 3 is 2.37 bits per heavy atom. The summed E-state index contributed by atoms with van der Waals surface area (Å²) >= 11 is 15.6. The summed E-state index contributed by atoms with van der Waals surface area (Å²) in [5.41, 5.74) is 3.19. The minimum atomic E-state index is -0.495. The van der Waals surface area contributed by atoms with E-state index in [1.807, 2.05) is 43.3 Å². The van der Waals surface area contributed by atoms with E-state index in [9.17, 15) is 10.1 Å². The zero-order valence-electron chi connectivity index (χ0n) is 19.2. The number of carbonyl (C=O) groups is 1. The van der Waals surface area contributed by atoms with E-state index < -0.39 is 5.91 Å². The maximum absolute atomic E-state index is 12.7. The van der Waals surface area contributed by atoms with Crippen LogP contribution in [0.2, 0.25) is 10.0 Å². The Hall–Kier alpha value is -2.98. The Bertz CT molecular complexity index is 1280. The summed E-state index contributed by atoms with van der Waals surface area (Å²) in [6.07, 6.45) is 2.41. The van der Waals surface area contributed by atoms with Crippen molar-refractivity contribution in [1.29, 1.82) is 5.26 Å². The standard InChI is InChI=1S/C27H23BrCl2N2O3/c1-3-17-5-8-21(9-6-17)32-27(33)20(15-31)11-19-12-22(28)26(25(14-19)34-4-2)35-16-18-7-10-23(29)24(30)13-18/h5-14H,3-4,16H2,1-2H3,(H,32,33)/b20-11-.